The number of alkyl halides is 3. The number of allylic oxidation sites excluding steroid dienone is 1. The van der Waals surface area contributed by atoms with Crippen LogP contribution in [0.4, 0.5) is 13.2 Å². The predicted molar refractivity (Wildman–Crippen MR) is 69.0 cm³/mol. The molecule has 6 heteroatoms. The molecule has 0 spiro atoms. The van der Waals surface area contributed by atoms with Crippen molar-refractivity contribution in [3.05, 3.63) is 70.2 Å². The van der Waals surface area contributed by atoms with Gasteiger partial charge in [0.2, 0.25) is 0 Å². The van der Waals surface area contributed by atoms with E-state index in [1.807, 2.05) is 30.3 Å². The molecule has 0 unspecified atom stereocenters. The van der Waals surface area contributed by atoms with Gasteiger partial charge in [0.15, 0.2) is 5.69 Å². The molecule has 0 bridgehead atoms. The van der Waals surface area contributed by atoms with E-state index in [0.717, 1.165) is 16.3 Å². The van der Waals surface area contributed by atoms with Gasteiger partial charge in [0, 0.05) is 6.07 Å². The molecule has 20 heavy (non-hydrogen) atoms. The van der Waals surface area contributed by atoms with Crippen LogP contribution in [0.3, 0.4) is 0 Å². The summed E-state index contributed by atoms with van der Waals surface area (Å²) in [5, 5.41) is 3.30. The molecule has 0 aliphatic heterocycles. The minimum atomic E-state index is -4.56. The summed E-state index contributed by atoms with van der Waals surface area (Å²) in [5.74, 6) is 0. The van der Waals surface area contributed by atoms with E-state index in [9.17, 15) is 18.0 Å². The number of hydrogen-bond acceptors (Lipinski definition) is 2. The number of rotatable bonds is 3. The molecule has 0 fully saturated rings. The summed E-state index contributed by atoms with van der Waals surface area (Å²) in [7, 11) is 0. The molecule has 0 radical (unpaired) electrons. The Morgan fingerprint density at radius 1 is 1.10 bits per heavy atom. The lowest BCUT2D eigenvalue weighted by atomic mass is 10.2. The average molecular weight is 280 g/mol. The van der Waals surface area contributed by atoms with Crippen molar-refractivity contribution < 1.29 is 13.2 Å². The summed E-state index contributed by atoms with van der Waals surface area (Å²) >= 11 is 0. The molecule has 0 atom stereocenters. The Hall–Kier alpha value is -2.37. The summed E-state index contributed by atoms with van der Waals surface area (Å²) < 4.78 is 38.3. The third-order valence-corrected chi connectivity index (χ3v) is 2.55. The molecule has 0 aliphatic rings. The van der Waals surface area contributed by atoms with Gasteiger partial charge >= 0.3 is 6.18 Å². The van der Waals surface area contributed by atoms with Gasteiger partial charge in [-0.15, -0.1) is 0 Å². The van der Waals surface area contributed by atoms with Crippen molar-refractivity contribution in [3.63, 3.8) is 0 Å². The third kappa shape index (κ3) is 3.57. The van der Waals surface area contributed by atoms with E-state index < -0.39 is 17.4 Å². The van der Waals surface area contributed by atoms with E-state index in [0.29, 0.717) is 6.07 Å². The first kappa shape index (κ1) is 14.0. The molecule has 1 aromatic heterocycles. The number of nitrogens with zero attached hydrogens (tertiary/aromatic N) is 2. The number of hydrogen-bond donors (Lipinski definition) is 0. The highest BCUT2D eigenvalue weighted by Gasteiger charge is 2.33. The molecule has 0 amide bonds. The Bertz CT molecular complexity index is 660. The maximum absolute atomic E-state index is 12.5. The fourth-order valence-electron chi connectivity index (χ4n) is 1.58. The van der Waals surface area contributed by atoms with Crippen LogP contribution in [0.2, 0.25) is 0 Å². The lowest BCUT2D eigenvalue weighted by molar-refractivity contribution is -0.142. The van der Waals surface area contributed by atoms with Gasteiger partial charge in [-0.3, -0.25) is 4.79 Å². The van der Waals surface area contributed by atoms with E-state index in [-0.39, 0.29) is 6.54 Å². The SMILES string of the molecule is O=c1ccc(C(F)(F)F)nn1C/C=C/c1ccccc1. The first-order valence-electron chi connectivity index (χ1n) is 5.84. The first-order valence-corrected chi connectivity index (χ1v) is 5.84. The molecule has 2 rings (SSSR count). The minimum Gasteiger partial charge on any atom is -0.268 e. The largest absolute Gasteiger partial charge is 0.435 e. The van der Waals surface area contributed by atoms with Gasteiger partial charge in [0.25, 0.3) is 5.56 Å². The van der Waals surface area contributed by atoms with E-state index in [1.165, 1.54) is 0 Å². The number of benzene rings is 1. The van der Waals surface area contributed by atoms with Crippen molar-refractivity contribution in [1.29, 1.82) is 0 Å². The van der Waals surface area contributed by atoms with Crippen LogP contribution in [0.15, 0.2) is 53.3 Å². The zero-order valence-corrected chi connectivity index (χ0v) is 10.3. The molecule has 3 nitrogen and oxygen atoms in total. The zero-order valence-electron chi connectivity index (χ0n) is 10.3. The Labute approximate surface area is 113 Å². The molecule has 0 saturated carbocycles. The van der Waals surface area contributed by atoms with Crippen LogP contribution in [0.5, 0.6) is 0 Å². The molecule has 104 valence electrons. The highest BCUT2D eigenvalue weighted by molar-refractivity contribution is 5.48. The van der Waals surface area contributed by atoms with E-state index in [2.05, 4.69) is 5.10 Å². The van der Waals surface area contributed by atoms with Gasteiger partial charge in [0.1, 0.15) is 0 Å². The second kappa shape index (κ2) is 5.73. The van der Waals surface area contributed by atoms with Crippen LogP contribution in [0.1, 0.15) is 11.3 Å². The highest BCUT2D eigenvalue weighted by Crippen LogP contribution is 2.26. The second-order valence-electron chi connectivity index (χ2n) is 4.05. The second-order valence-corrected chi connectivity index (χ2v) is 4.05. The summed E-state index contributed by atoms with van der Waals surface area (Å²) in [5.41, 5.74) is -0.756. The van der Waals surface area contributed by atoms with Crippen molar-refractivity contribution in [2.75, 3.05) is 0 Å². The monoisotopic (exact) mass is 280 g/mol. The number of halogens is 3. The Morgan fingerprint density at radius 3 is 2.45 bits per heavy atom. The maximum Gasteiger partial charge on any atom is 0.435 e. The highest BCUT2D eigenvalue weighted by atomic mass is 19.4. The molecular formula is C14H11F3N2O. The molecule has 0 N–H and O–H groups in total. The maximum atomic E-state index is 12.5. The lowest BCUT2D eigenvalue weighted by Gasteiger charge is -2.07. The van der Waals surface area contributed by atoms with Crippen LogP contribution in [-0.4, -0.2) is 9.78 Å². The van der Waals surface area contributed by atoms with Gasteiger partial charge in [0.05, 0.1) is 6.54 Å². The minimum absolute atomic E-state index is 0.0162. The van der Waals surface area contributed by atoms with Crippen molar-refractivity contribution >= 4 is 6.08 Å². The van der Waals surface area contributed by atoms with Crippen molar-refractivity contribution in [1.82, 2.24) is 9.78 Å². The normalized spacial score (nSPS) is 11.9. The van der Waals surface area contributed by atoms with Gasteiger partial charge < -0.3 is 0 Å². The zero-order chi connectivity index (χ0) is 14.6. The van der Waals surface area contributed by atoms with Crippen molar-refractivity contribution in [2.24, 2.45) is 0 Å². The molecular weight excluding hydrogens is 269 g/mol. The fourth-order valence-corrected chi connectivity index (χ4v) is 1.58. The van der Waals surface area contributed by atoms with Crippen molar-refractivity contribution in [2.45, 2.75) is 12.7 Å². The summed E-state index contributed by atoms with van der Waals surface area (Å²) in [4.78, 5) is 11.4. The summed E-state index contributed by atoms with van der Waals surface area (Å²) in [6.45, 7) is -0.0162. The quantitative estimate of drug-likeness (QED) is 0.866. The smallest absolute Gasteiger partial charge is 0.268 e. The van der Waals surface area contributed by atoms with E-state index >= 15 is 0 Å². The van der Waals surface area contributed by atoms with Gasteiger partial charge in [-0.2, -0.15) is 18.3 Å². The lowest BCUT2D eigenvalue weighted by Crippen LogP contribution is -2.25. The van der Waals surface area contributed by atoms with E-state index in [4.69, 9.17) is 0 Å². The topological polar surface area (TPSA) is 34.9 Å². The average Bonchev–Trinajstić information content (AvgIpc) is 2.41. The molecule has 0 saturated heterocycles. The molecule has 0 aliphatic carbocycles. The van der Waals surface area contributed by atoms with Crippen LogP contribution in [-0.2, 0) is 12.7 Å². The number of aromatic nitrogens is 2. The Kier molecular flexibility index (Phi) is 4.02. The van der Waals surface area contributed by atoms with Crippen molar-refractivity contribution in [3.8, 4) is 0 Å². The fraction of sp³-hybridized carbons (Fsp3) is 0.143. The van der Waals surface area contributed by atoms with Gasteiger partial charge in [-0.25, -0.2) is 4.68 Å². The summed E-state index contributed by atoms with van der Waals surface area (Å²) in [6, 6.07) is 10.8. The van der Waals surface area contributed by atoms with Crippen LogP contribution < -0.4 is 5.56 Å². The standard InChI is InChI=1S/C14H11F3N2O/c15-14(16,17)12-8-9-13(20)19(18-12)10-4-7-11-5-2-1-3-6-11/h1-9H,10H2/b7-4+. The van der Waals surface area contributed by atoms with Crippen LogP contribution >= 0.6 is 0 Å². The Morgan fingerprint density at radius 2 is 1.80 bits per heavy atom. The molecule has 1 aromatic carbocycles. The third-order valence-electron chi connectivity index (χ3n) is 2.55. The first-order chi connectivity index (χ1) is 9.47. The van der Waals surface area contributed by atoms with Crippen LogP contribution in [0, 0.1) is 0 Å². The van der Waals surface area contributed by atoms with E-state index in [1.54, 1.807) is 12.2 Å². The van der Waals surface area contributed by atoms with Gasteiger partial charge in [-0.05, 0) is 11.6 Å². The molecule has 2 aromatic rings. The summed E-state index contributed by atoms with van der Waals surface area (Å²) in [6.07, 6.45) is -1.25. The van der Waals surface area contributed by atoms with Crippen LogP contribution in [0.25, 0.3) is 6.08 Å². The Balaban J connectivity index is 2.17. The predicted octanol–water partition coefficient (Wildman–Crippen LogP) is 2.98. The molecule has 1 heterocycles. The van der Waals surface area contributed by atoms with Gasteiger partial charge in [-0.1, -0.05) is 42.5 Å².